The molecule has 0 spiro atoms. The average molecular weight is 292 g/mol. The lowest BCUT2D eigenvalue weighted by atomic mass is 10.3. The number of halogens is 1. The van der Waals surface area contributed by atoms with Crippen molar-refractivity contribution in [1.82, 2.24) is 4.98 Å². The molecule has 0 bridgehead atoms. The SMILES string of the molecule is CON=C(C(=O)OC)c1csc(NC(=O)CCl)n1. The van der Waals surface area contributed by atoms with Crippen molar-refractivity contribution in [3.8, 4) is 0 Å². The molecule has 1 aromatic heterocycles. The van der Waals surface area contributed by atoms with Gasteiger partial charge in [-0.2, -0.15) is 0 Å². The molecule has 0 aliphatic carbocycles. The van der Waals surface area contributed by atoms with Crippen LogP contribution >= 0.6 is 22.9 Å². The predicted molar refractivity (Wildman–Crippen MR) is 67.0 cm³/mol. The lowest BCUT2D eigenvalue weighted by Gasteiger charge is -2.00. The highest BCUT2D eigenvalue weighted by molar-refractivity contribution is 7.14. The fourth-order valence-electron chi connectivity index (χ4n) is 0.969. The molecule has 98 valence electrons. The van der Waals surface area contributed by atoms with E-state index in [4.69, 9.17) is 11.6 Å². The number of nitrogens with one attached hydrogen (secondary N) is 1. The standard InChI is InChI=1S/C9H10ClN3O4S/c1-16-8(15)7(13-17-2)5-4-18-9(11-5)12-6(14)3-10/h4H,3H2,1-2H3,(H,11,12,14). The summed E-state index contributed by atoms with van der Waals surface area (Å²) in [5, 5.41) is 7.83. The van der Waals surface area contributed by atoms with Gasteiger partial charge in [-0.1, -0.05) is 5.16 Å². The van der Waals surface area contributed by atoms with Crippen LogP contribution in [0.1, 0.15) is 5.69 Å². The van der Waals surface area contributed by atoms with E-state index in [-0.39, 0.29) is 23.2 Å². The van der Waals surface area contributed by atoms with E-state index >= 15 is 0 Å². The van der Waals surface area contributed by atoms with Crippen LogP contribution in [-0.2, 0) is 19.2 Å². The van der Waals surface area contributed by atoms with E-state index in [2.05, 4.69) is 25.0 Å². The summed E-state index contributed by atoms with van der Waals surface area (Å²) in [5.41, 5.74) is 0.168. The van der Waals surface area contributed by atoms with Gasteiger partial charge in [-0.25, -0.2) is 9.78 Å². The van der Waals surface area contributed by atoms with Crippen molar-refractivity contribution in [3.63, 3.8) is 0 Å². The van der Waals surface area contributed by atoms with Crippen LogP contribution in [-0.4, -0.2) is 42.7 Å². The van der Waals surface area contributed by atoms with Crippen molar-refractivity contribution >= 4 is 45.7 Å². The molecule has 18 heavy (non-hydrogen) atoms. The minimum atomic E-state index is -0.683. The third kappa shape index (κ3) is 3.67. The number of carbonyl (C=O) groups is 2. The van der Waals surface area contributed by atoms with Crippen LogP contribution in [0.15, 0.2) is 10.5 Å². The number of oxime groups is 1. The summed E-state index contributed by atoms with van der Waals surface area (Å²) in [5.74, 6) is -1.25. The second kappa shape index (κ2) is 6.92. The molecule has 1 heterocycles. The summed E-state index contributed by atoms with van der Waals surface area (Å²) < 4.78 is 4.54. The third-order valence-corrected chi connectivity index (χ3v) is 2.68. The van der Waals surface area contributed by atoms with Crippen molar-refractivity contribution in [2.24, 2.45) is 5.16 Å². The van der Waals surface area contributed by atoms with Crippen molar-refractivity contribution in [2.75, 3.05) is 25.4 Å². The molecule has 0 aliphatic rings. The van der Waals surface area contributed by atoms with Gasteiger partial charge in [0.15, 0.2) is 5.13 Å². The smallest absolute Gasteiger partial charge is 0.362 e. The van der Waals surface area contributed by atoms with E-state index in [0.29, 0.717) is 5.13 Å². The second-order valence-corrected chi connectivity index (χ2v) is 3.96. The first kappa shape index (κ1) is 14.4. The molecule has 0 radical (unpaired) electrons. The van der Waals surface area contributed by atoms with E-state index < -0.39 is 5.97 Å². The van der Waals surface area contributed by atoms with Crippen LogP contribution in [0.5, 0.6) is 0 Å². The molecule has 1 amide bonds. The zero-order chi connectivity index (χ0) is 13.5. The van der Waals surface area contributed by atoms with Crippen LogP contribution in [0.4, 0.5) is 5.13 Å². The van der Waals surface area contributed by atoms with Gasteiger partial charge in [0.05, 0.1) is 7.11 Å². The Labute approximate surface area is 112 Å². The summed E-state index contributed by atoms with van der Waals surface area (Å²) in [6.07, 6.45) is 0. The quantitative estimate of drug-likeness (QED) is 0.376. The number of anilines is 1. The number of aromatic nitrogens is 1. The lowest BCUT2D eigenvalue weighted by Crippen LogP contribution is -2.18. The number of rotatable bonds is 5. The van der Waals surface area contributed by atoms with Gasteiger partial charge in [0, 0.05) is 5.38 Å². The Morgan fingerprint density at radius 3 is 2.83 bits per heavy atom. The second-order valence-electron chi connectivity index (χ2n) is 2.83. The lowest BCUT2D eigenvalue weighted by molar-refractivity contribution is -0.132. The Morgan fingerprint density at radius 2 is 2.28 bits per heavy atom. The number of ether oxygens (including phenoxy) is 1. The van der Waals surface area contributed by atoms with Crippen molar-refractivity contribution in [2.45, 2.75) is 0 Å². The largest absolute Gasteiger partial charge is 0.464 e. The highest BCUT2D eigenvalue weighted by Crippen LogP contribution is 2.16. The van der Waals surface area contributed by atoms with E-state index in [1.807, 2.05) is 0 Å². The first-order chi connectivity index (χ1) is 8.62. The number of alkyl halides is 1. The molecule has 1 N–H and O–H groups in total. The Morgan fingerprint density at radius 1 is 1.56 bits per heavy atom. The van der Waals surface area contributed by atoms with Gasteiger partial charge in [-0.05, 0) is 0 Å². The highest BCUT2D eigenvalue weighted by atomic mass is 35.5. The molecule has 1 aromatic rings. The number of carbonyl (C=O) groups excluding carboxylic acids is 2. The average Bonchev–Trinajstić information content (AvgIpc) is 2.83. The number of hydrogen-bond acceptors (Lipinski definition) is 7. The van der Waals surface area contributed by atoms with Gasteiger partial charge >= 0.3 is 5.97 Å². The zero-order valence-corrected chi connectivity index (χ0v) is 11.2. The number of hydrogen-bond donors (Lipinski definition) is 1. The number of amides is 1. The highest BCUT2D eigenvalue weighted by Gasteiger charge is 2.19. The summed E-state index contributed by atoms with van der Waals surface area (Å²) >= 11 is 6.47. The molecule has 0 aliphatic heterocycles. The predicted octanol–water partition coefficient (Wildman–Crippen LogP) is 0.844. The normalized spacial score (nSPS) is 10.9. The maximum Gasteiger partial charge on any atom is 0.362 e. The molecular weight excluding hydrogens is 282 g/mol. The first-order valence-corrected chi connectivity index (χ1v) is 6.05. The van der Waals surface area contributed by atoms with E-state index in [0.717, 1.165) is 11.3 Å². The van der Waals surface area contributed by atoms with Crippen LogP contribution in [0, 0.1) is 0 Å². The number of nitrogens with zero attached hydrogens (tertiary/aromatic N) is 2. The minimum Gasteiger partial charge on any atom is -0.464 e. The van der Waals surface area contributed by atoms with E-state index in [1.54, 1.807) is 5.38 Å². The monoisotopic (exact) mass is 291 g/mol. The Bertz CT molecular complexity index is 474. The van der Waals surface area contributed by atoms with Crippen LogP contribution < -0.4 is 5.32 Å². The van der Waals surface area contributed by atoms with Crippen LogP contribution in [0.25, 0.3) is 0 Å². The van der Waals surface area contributed by atoms with Gasteiger partial charge in [0.1, 0.15) is 18.7 Å². The zero-order valence-electron chi connectivity index (χ0n) is 9.60. The van der Waals surface area contributed by atoms with Crippen molar-refractivity contribution in [1.29, 1.82) is 0 Å². The van der Waals surface area contributed by atoms with Gasteiger partial charge in [-0.3, -0.25) is 4.79 Å². The molecule has 1 rings (SSSR count). The fraction of sp³-hybridized carbons (Fsp3) is 0.333. The molecule has 0 unspecified atom stereocenters. The van der Waals surface area contributed by atoms with E-state index in [1.165, 1.54) is 14.2 Å². The van der Waals surface area contributed by atoms with E-state index in [9.17, 15) is 9.59 Å². The van der Waals surface area contributed by atoms with Crippen LogP contribution in [0.2, 0.25) is 0 Å². The molecule has 0 fully saturated rings. The Balaban J connectivity index is 2.91. The number of methoxy groups -OCH3 is 1. The molecule has 7 nitrogen and oxygen atoms in total. The fourth-order valence-corrected chi connectivity index (χ4v) is 1.75. The molecule has 0 atom stereocenters. The summed E-state index contributed by atoms with van der Waals surface area (Å²) in [6, 6.07) is 0. The maximum absolute atomic E-state index is 11.4. The summed E-state index contributed by atoms with van der Waals surface area (Å²) in [7, 11) is 2.52. The molecular formula is C9H10ClN3O4S. The van der Waals surface area contributed by atoms with Crippen LogP contribution in [0.3, 0.4) is 0 Å². The maximum atomic E-state index is 11.4. The minimum absolute atomic E-state index is 0.0809. The van der Waals surface area contributed by atoms with Crippen molar-refractivity contribution in [3.05, 3.63) is 11.1 Å². The van der Waals surface area contributed by atoms with Gasteiger partial charge in [-0.15, -0.1) is 22.9 Å². The van der Waals surface area contributed by atoms with Gasteiger partial charge in [0.25, 0.3) is 0 Å². The molecule has 9 heteroatoms. The summed E-state index contributed by atoms with van der Waals surface area (Å²) in [6.45, 7) is 0. The molecule has 0 saturated carbocycles. The third-order valence-electron chi connectivity index (χ3n) is 1.68. The Hall–Kier alpha value is -1.67. The topological polar surface area (TPSA) is 89.9 Å². The summed E-state index contributed by atoms with van der Waals surface area (Å²) in [4.78, 5) is 31.0. The van der Waals surface area contributed by atoms with Gasteiger partial charge < -0.3 is 14.9 Å². The molecule has 0 saturated heterocycles. The Kier molecular flexibility index (Phi) is 5.53. The van der Waals surface area contributed by atoms with Gasteiger partial charge in [0.2, 0.25) is 11.6 Å². The van der Waals surface area contributed by atoms with Crippen molar-refractivity contribution < 1.29 is 19.2 Å². The number of esters is 1. The number of thiazole rings is 1. The molecule has 0 aromatic carbocycles. The first-order valence-electron chi connectivity index (χ1n) is 4.63.